The number of hydrogen-bond donors (Lipinski definition) is 1. The van der Waals surface area contributed by atoms with E-state index in [1.807, 2.05) is 18.4 Å². The Bertz CT molecular complexity index is 788. The number of rotatable bonds is 5. The Kier molecular flexibility index (Phi) is 4.74. The fourth-order valence-corrected chi connectivity index (χ4v) is 3.76. The van der Waals surface area contributed by atoms with E-state index in [1.165, 1.54) is 27.1 Å². The summed E-state index contributed by atoms with van der Waals surface area (Å²) in [6.07, 6.45) is 0. The van der Waals surface area contributed by atoms with Crippen LogP contribution in [0.4, 0.5) is 0 Å². The Morgan fingerprint density at radius 3 is 2.59 bits per heavy atom. The van der Waals surface area contributed by atoms with Gasteiger partial charge in [0.05, 0.1) is 6.54 Å². The molecular formula is C14H18N2O4S2. The Labute approximate surface area is 133 Å². The van der Waals surface area contributed by atoms with E-state index in [1.54, 1.807) is 11.3 Å². The zero-order valence-electron chi connectivity index (χ0n) is 12.8. The van der Waals surface area contributed by atoms with E-state index in [0.29, 0.717) is 6.54 Å². The average Bonchev–Trinajstić information content (AvgIpc) is 3.02. The first-order chi connectivity index (χ1) is 10.2. The lowest BCUT2D eigenvalue weighted by Gasteiger charge is -2.09. The number of sulfonamides is 1. The lowest BCUT2D eigenvalue weighted by atomic mass is 10.3. The van der Waals surface area contributed by atoms with Crippen molar-refractivity contribution in [3.8, 4) is 0 Å². The molecule has 0 bridgehead atoms. The van der Waals surface area contributed by atoms with Crippen LogP contribution in [0.1, 0.15) is 26.8 Å². The molecule has 0 radical (unpaired) electrons. The topological polar surface area (TPSA) is 79.6 Å². The van der Waals surface area contributed by atoms with E-state index < -0.39 is 15.9 Å². The first-order valence-corrected chi connectivity index (χ1v) is 8.89. The van der Waals surface area contributed by atoms with Gasteiger partial charge in [-0.1, -0.05) is 0 Å². The number of nitrogens with one attached hydrogen (secondary N) is 1. The monoisotopic (exact) mass is 342 g/mol. The molecule has 22 heavy (non-hydrogen) atoms. The summed E-state index contributed by atoms with van der Waals surface area (Å²) in [5.74, 6) is -0.241. The van der Waals surface area contributed by atoms with Crippen LogP contribution in [0.15, 0.2) is 26.8 Å². The highest BCUT2D eigenvalue weighted by Crippen LogP contribution is 2.22. The van der Waals surface area contributed by atoms with Crippen molar-refractivity contribution in [2.45, 2.75) is 25.3 Å². The number of carbonyl (C=O) groups is 1. The molecular weight excluding hydrogens is 324 g/mol. The first-order valence-electron chi connectivity index (χ1n) is 6.57. The fourth-order valence-electron chi connectivity index (χ4n) is 1.86. The maximum atomic E-state index is 12.1. The molecule has 0 aromatic carbocycles. The van der Waals surface area contributed by atoms with Gasteiger partial charge in [-0.2, -0.15) is 0 Å². The van der Waals surface area contributed by atoms with Crippen molar-refractivity contribution in [1.29, 1.82) is 0 Å². The van der Waals surface area contributed by atoms with Crippen LogP contribution in [0.2, 0.25) is 0 Å². The Hall–Kier alpha value is -1.64. The number of aryl methyl sites for hydroxylation is 2. The molecule has 0 unspecified atom stereocenters. The lowest BCUT2D eigenvalue weighted by molar-refractivity contribution is 0.0922. The van der Waals surface area contributed by atoms with E-state index in [0.717, 1.165) is 14.7 Å². The molecule has 2 heterocycles. The van der Waals surface area contributed by atoms with Crippen LogP contribution in [0.3, 0.4) is 0 Å². The highest BCUT2D eigenvalue weighted by atomic mass is 32.2. The molecule has 0 aliphatic heterocycles. The van der Waals surface area contributed by atoms with Crippen LogP contribution in [0, 0.1) is 13.8 Å². The molecule has 0 saturated heterocycles. The third-order valence-electron chi connectivity index (χ3n) is 3.23. The van der Waals surface area contributed by atoms with Gasteiger partial charge in [-0.05, 0) is 30.9 Å². The van der Waals surface area contributed by atoms with Gasteiger partial charge in [0, 0.05) is 25.0 Å². The molecule has 0 atom stereocenters. The summed E-state index contributed by atoms with van der Waals surface area (Å²) < 4.78 is 30.6. The predicted molar refractivity (Wildman–Crippen MR) is 84.5 cm³/mol. The fraction of sp³-hybridized carbons (Fsp3) is 0.357. The lowest BCUT2D eigenvalue weighted by Crippen LogP contribution is -2.23. The summed E-state index contributed by atoms with van der Waals surface area (Å²) in [5.41, 5.74) is 1.11. The van der Waals surface area contributed by atoms with Crippen molar-refractivity contribution < 1.29 is 17.6 Å². The molecule has 120 valence electrons. The largest absolute Gasteiger partial charge is 0.455 e. The SMILES string of the molecule is Cc1ccsc1CNC(=O)c1cc(S(=O)(=O)N(C)C)c(C)o1. The molecule has 2 aromatic rings. The normalized spacial score (nSPS) is 11.9. The minimum atomic E-state index is -3.62. The van der Waals surface area contributed by atoms with Crippen molar-refractivity contribution in [2.24, 2.45) is 0 Å². The third kappa shape index (κ3) is 3.23. The minimum absolute atomic E-state index is 0.00728. The van der Waals surface area contributed by atoms with Crippen LogP contribution >= 0.6 is 11.3 Å². The molecule has 1 N–H and O–H groups in total. The number of thiophene rings is 1. The quantitative estimate of drug-likeness (QED) is 0.903. The number of amides is 1. The van der Waals surface area contributed by atoms with Crippen molar-refractivity contribution in [3.05, 3.63) is 39.5 Å². The zero-order valence-corrected chi connectivity index (χ0v) is 14.5. The van der Waals surface area contributed by atoms with Crippen LogP contribution in [-0.4, -0.2) is 32.7 Å². The molecule has 8 heteroatoms. The summed E-state index contributed by atoms with van der Waals surface area (Å²) >= 11 is 1.56. The van der Waals surface area contributed by atoms with Gasteiger partial charge in [-0.25, -0.2) is 12.7 Å². The molecule has 2 rings (SSSR count). The number of carbonyl (C=O) groups excluding carboxylic acids is 1. The van der Waals surface area contributed by atoms with E-state index >= 15 is 0 Å². The van der Waals surface area contributed by atoms with Gasteiger partial charge in [0.1, 0.15) is 10.7 Å². The summed E-state index contributed by atoms with van der Waals surface area (Å²) in [4.78, 5) is 13.2. The van der Waals surface area contributed by atoms with Gasteiger partial charge in [-0.3, -0.25) is 4.79 Å². The van der Waals surface area contributed by atoms with Crippen LogP contribution in [0.5, 0.6) is 0 Å². The predicted octanol–water partition coefficient (Wildman–Crippen LogP) is 2.14. The summed E-state index contributed by atoms with van der Waals surface area (Å²) in [6, 6.07) is 3.24. The Morgan fingerprint density at radius 1 is 1.36 bits per heavy atom. The summed E-state index contributed by atoms with van der Waals surface area (Å²) in [6.45, 7) is 3.88. The maximum absolute atomic E-state index is 12.1. The van der Waals surface area contributed by atoms with E-state index in [2.05, 4.69) is 5.32 Å². The van der Waals surface area contributed by atoms with Gasteiger partial charge >= 0.3 is 0 Å². The molecule has 0 saturated carbocycles. The van der Waals surface area contributed by atoms with Crippen LogP contribution in [-0.2, 0) is 16.6 Å². The minimum Gasteiger partial charge on any atom is -0.455 e. The zero-order chi connectivity index (χ0) is 16.5. The van der Waals surface area contributed by atoms with E-state index in [-0.39, 0.29) is 16.4 Å². The molecule has 1 amide bonds. The van der Waals surface area contributed by atoms with Crippen molar-refractivity contribution in [2.75, 3.05) is 14.1 Å². The number of nitrogens with zero attached hydrogens (tertiary/aromatic N) is 1. The van der Waals surface area contributed by atoms with Gasteiger partial charge in [0.15, 0.2) is 5.76 Å². The summed E-state index contributed by atoms with van der Waals surface area (Å²) in [7, 11) is -0.760. The Balaban J connectivity index is 2.17. The van der Waals surface area contributed by atoms with Crippen LogP contribution in [0.25, 0.3) is 0 Å². The standard InChI is InChI=1S/C14H18N2O4S2/c1-9-5-6-21-12(9)8-15-14(17)11-7-13(10(2)20-11)22(18,19)16(3)4/h5-7H,8H2,1-4H3,(H,15,17). The second-order valence-electron chi connectivity index (χ2n) is 5.03. The Morgan fingerprint density at radius 2 is 2.05 bits per heavy atom. The molecule has 0 spiro atoms. The number of hydrogen-bond acceptors (Lipinski definition) is 5. The smallest absolute Gasteiger partial charge is 0.287 e. The maximum Gasteiger partial charge on any atom is 0.287 e. The van der Waals surface area contributed by atoms with Gasteiger partial charge in [0.25, 0.3) is 5.91 Å². The highest BCUT2D eigenvalue weighted by Gasteiger charge is 2.25. The van der Waals surface area contributed by atoms with Crippen LogP contribution < -0.4 is 5.32 Å². The number of furan rings is 1. The van der Waals surface area contributed by atoms with Crippen molar-refractivity contribution in [3.63, 3.8) is 0 Å². The second kappa shape index (κ2) is 6.23. The molecule has 0 aliphatic rings. The average molecular weight is 342 g/mol. The second-order valence-corrected chi connectivity index (χ2v) is 8.15. The van der Waals surface area contributed by atoms with Crippen molar-refractivity contribution in [1.82, 2.24) is 9.62 Å². The van der Waals surface area contributed by atoms with Gasteiger partial charge in [0.2, 0.25) is 10.0 Å². The molecule has 0 aliphatic carbocycles. The molecule has 0 fully saturated rings. The van der Waals surface area contributed by atoms with Gasteiger partial charge < -0.3 is 9.73 Å². The van der Waals surface area contributed by atoms with E-state index in [9.17, 15) is 13.2 Å². The summed E-state index contributed by atoms with van der Waals surface area (Å²) in [5, 5.41) is 4.69. The highest BCUT2D eigenvalue weighted by molar-refractivity contribution is 7.89. The van der Waals surface area contributed by atoms with Crippen molar-refractivity contribution >= 4 is 27.3 Å². The molecule has 2 aromatic heterocycles. The molecule has 6 nitrogen and oxygen atoms in total. The first kappa shape index (κ1) is 16.7. The van der Waals surface area contributed by atoms with E-state index in [4.69, 9.17) is 4.42 Å². The third-order valence-corrected chi connectivity index (χ3v) is 6.18. The van der Waals surface area contributed by atoms with Gasteiger partial charge in [-0.15, -0.1) is 11.3 Å².